The van der Waals surface area contributed by atoms with Gasteiger partial charge in [-0.1, -0.05) is 6.42 Å². The lowest BCUT2D eigenvalue weighted by molar-refractivity contribution is 0.0592. The molecule has 0 radical (unpaired) electrons. The molecule has 0 bridgehead atoms. The van der Waals surface area contributed by atoms with E-state index in [0.717, 1.165) is 19.6 Å². The van der Waals surface area contributed by atoms with Gasteiger partial charge in [0.15, 0.2) is 5.69 Å². The van der Waals surface area contributed by atoms with Gasteiger partial charge in [0.2, 0.25) is 5.88 Å². The van der Waals surface area contributed by atoms with Crippen molar-refractivity contribution < 1.29 is 14.3 Å². The molecule has 0 spiro atoms. The number of nitrogens with zero attached hydrogens (tertiary/aromatic N) is 2. The second kappa shape index (κ2) is 7.09. The number of esters is 1. The molecule has 0 unspecified atom stereocenters. The molecule has 0 aliphatic carbocycles. The van der Waals surface area contributed by atoms with Crippen molar-refractivity contribution in [3.63, 3.8) is 0 Å². The number of hydrogen-bond donors (Lipinski definition) is 1. The predicted octanol–water partition coefficient (Wildman–Crippen LogP) is 1.32. The number of nitrogen functional groups attached to an aromatic ring is 1. The molecule has 6 nitrogen and oxygen atoms in total. The highest BCUT2D eigenvalue weighted by Gasteiger charge is 2.13. The molecule has 0 atom stereocenters. The van der Waals surface area contributed by atoms with Crippen LogP contribution in [-0.4, -0.2) is 49.2 Å². The zero-order valence-corrected chi connectivity index (χ0v) is 11.8. The average molecular weight is 279 g/mol. The van der Waals surface area contributed by atoms with E-state index in [-0.39, 0.29) is 5.69 Å². The van der Waals surface area contributed by atoms with Gasteiger partial charge in [0.05, 0.1) is 12.8 Å². The smallest absolute Gasteiger partial charge is 0.356 e. The van der Waals surface area contributed by atoms with Crippen LogP contribution < -0.4 is 10.5 Å². The van der Waals surface area contributed by atoms with E-state index >= 15 is 0 Å². The highest BCUT2D eigenvalue weighted by atomic mass is 16.5. The minimum atomic E-state index is -0.495. The Balaban J connectivity index is 1.89. The van der Waals surface area contributed by atoms with E-state index in [9.17, 15) is 4.79 Å². The Hall–Kier alpha value is -1.82. The molecule has 1 aliphatic rings. The van der Waals surface area contributed by atoms with Crippen molar-refractivity contribution in [3.8, 4) is 5.88 Å². The SMILES string of the molecule is COC(=O)c1ccc(N)c(OCCN2CCCCC2)n1. The third kappa shape index (κ3) is 3.84. The van der Waals surface area contributed by atoms with Gasteiger partial charge in [0.25, 0.3) is 0 Å². The van der Waals surface area contributed by atoms with Gasteiger partial charge in [-0.25, -0.2) is 9.78 Å². The van der Waals surface area contributed by atoms with Crippen molar-refractivity contribution in [2.24, 2.45) is 0 Å². The van der Waals surface area contributed by atoms with Crippen LogP contribution >= 0.6 is 0 Å². The molecular formula is C14H21N3O3. The van der Waals surface area contributed by atoms with Gasteiger partial charge in [-0.3, -0.25) is 4.90 Å². The van der Waals surface area contributed by atoms with Gasteiger partial charge >= 0.3 is 5.97 Å². The Kier molecular flexibility index (Phi) is 5.17. The quantitative estimate of drug-likeness (QED) is 0.819. The number of rotatable bonds is 5. The first-order valence-electron chi connectivity index (χ1n) is 6.90. The van der Waals surface area contributed by atoms with E-state index in [4.69, 9.17) is 10.5 Å². The van der Waals surface area contributed by atoms with Gasteiger partial charge in [0.1, 0.15) is 6.61 Å². The molecule has 6 heteroatoms. The van der Waals surface area contributed by atoms with E-state index in [2.05, 4.69) is 14.6 Å². The number of ether oxygens (including phenoxy) is 2. The second-order valence-electron chi connectivity index (χ2n) is 4.83. The lowest BCUT2D eigenvalue weighted by Crippen LogP contribution is -2.33. The minimum Gasteiger partial charge on any atom is -0.475 e. The molecule has 0 saturated carbocycles. The van der Waals surface area contributed by atoms with Crippen LogP contribution in [0.2, 0.25) is 0 Å². The van der Waals surface area contributed by atoms with E-state index in [1.54, 1.807) is 6.07 Å². The molecule has 0 aromatic carbocycles. The number of likely N-dealkylation sites (tertiary alicyclic amines) is 1. The summed E-state index contributed by atoms with van der Waals surface area (Å²) in [5, 5.41) is 0. The molecule has 2 heterocycles. The number of nitrogens with two attached hydrogens (primary N) is 1. The molecule has 2 rings (SSSR count). The zero-order chi connectivity index (χ0) is 14.4. The standard InChI is InChI=1S/C14H21N3O3/c1-19-14(18)12-6-5-11(15)13(16-12)20-10-9-17-7-3-2-4-8-17/h5-6H,2-4,7-10,15H2,1H3. The zero-order valence-electron chi connectivity index (χ0n) is 11.8. The van der Waals surface area contributed by atoms with Crippen LogP contribution in [0.1, 0.15) is 29.8 Å². The molecular weight excluding hydrogens is 258 g/mol. The topological polar surface area (TPSA) is 77.7 Å². The summed E-state index contributed by atoms with van der Waals surface area (Å²) in [7, 11) is 1.32. The molecule has 2 N–H and O–H groups in total. The average Bonchev–Trinajstić information content (AvgIpc) is 2.49. The number of carbonyl (C=O) groups excluding carboxylic acids is 1. The van der Waals surface area contributed by atoms with Crippen molar-refractivity contribution in [2.75, 3.05) is 39.1 Å². The fraction of sp³-hybridized carbons (Fsp3) is 0.571. The third-order valence-electron chi connectivity index (χ3n) is 3.38. The molecule has 1 aromatic heterocycles. The molecule has 110 valence electrons. The van der Waals surface area contributed by atoms with Gasteiger partial charge in [0, 0.05) is 6.54 Å². The van der Waals surface area contributed by atoms with Gasteiger partial charge in [-0.2, -0.15) is 0 Å². The normalized spacial score (nSPS) is 15.8. The fourth-order valence-electron chi connectivity index (χ4n) is 2.24. The summed E-state index contributed by atoms with van der Waals surface area (Å²) in [5.74, 6) is -0.198. The number of anilines is 1. The highest BCUT2D eigenvalue weighted by Crippen LogP contribution is 2.19. The molecule has 20 heavy (non-hydrogen) atoms. The van der Waals surface area contributed by atoms with E-state index in [1.165, 1.54) is 32.4 Å². The molecule has 1 saturated heterocycles. The molecule has 1 aliphatic heterocycles. The van der Waals surface area contributed by atoms with Gasteiger partial charge in [-0.15, -0.1) is 0 Å². The molecule has 1 fully saturated rings. The summed E-state index contributed by atoms with van der Waals surface area (Å²) in [6, 6.07) is 3.13. The minimum absolute atomic E-state index is 0.203. The van der Waals surface area contributed by atoms with Crippen LogP contribution in [-0.2, 0) is 4.74 Å². The monoisotopic (exact) mass is 279 g/mol. The van der Waals surface area contributed by atoms with Crippen molar-refractivity contribution in [1.29, 1.82) is 0 Å². The van der Waals surface area contributed by atoms with Crippen LogP contribution in [0.5, 0.6) is 5.88 Å². The maximum absolute atomic E-state index is 11.4. The van der Waals surface area contributed by atoms with Crippen molar-refractivity contribution in [1.82, 2.24) is 9.88 Å². The summed E-state index contributed by atoms with van der Waals surface area (Å²) >= 11 is 0. The first-order valence-corrected chi connectivity index (χ1v) is 6.90. The Labute approximate surface area is 118 Å². The number of methoxy groups -OCH3 is 1. The Morgan fingerprint density at radius 2 is 2.10 bits per heavy atom. The number of aromatic nitrogens is 1. The van der Waals surface area contributed by atoms with Crippen molar-refractivity contribution >= 4 is 11.7 Å². The van der Waals surface area contributed by atoms with Crippen LogP contribution in [0.15, 0.2) is 12.1 Å². The highest BCUT2D eigenvalue weighted by molar-refractivity contribution is 5.87. The van der Waals surface area contributed by atoms with Gasteiger partial charge < -0.3 is 15.2 Å². The largest absolute Gasteiger partial charge is 0.475 e. The maximum atomic E-state index is 11.4. The molecule has 0 amide bonds. The first kappa shape index (κ1) is 14.6. The number of piperidine rings is 1. The van der Waals surface area contributed by atoms with Crippen molar-refractivity contribution in [2.45, 2.75) is 19.3 Å². The lowest BCUT2D eigenvalue weighted by Gasteiger charge is -2.26. The van der Waals surface area contributed by atoms with E-state index < -0.39 is 5.97 Å². The van der Waals surface area contributed by atoms with Gasteiger partial charge in [-0.05, 0) is 38.1 Å². The predicted molar refractivity (Wildman–Crippen MR) is 75.8 cm³/mol. The lowest BCUT2D eigenvalue weighted by atomic mass is 10.1. The summed E-state index contributed by atoms with van der Waals surface area (Å²) in [6.45, 7) is 3.61. The van der Waals surface area contributed by atoms with Crippen molar-refractivity contribution in [3.05, 3.63) is 17.8 Å². The first-order chi connectivity index (χ1) is 9.70. The Morgan fingerprint density at radius 1 is 1.35 bits per heavy atom. The van der Waals surface area contributed by atoms with E-state index in [0.29, 0.717) is 18.2 Å². The Morgan fingerprint density at radius 3 is 2.80 bits per heavy atom. The van der Waals surface area contributed by atoms with Crippen LogP contribution in [0, 0.1) is 0 Å². The summed E-state index contributed by atoms with van der Waals surface area (Å²) in [6.07, 6.45) is 3.81. The maximum Gasteiger partial charge on any atom is 0.356 e. The summed E-state index contributed by atoms with van der Waals surface area (Å²) in [4.78, 5) is 17.9. The number of pyridine rings is 1. The van der Waals surface area contributed by atoms with E-state index in [1.807, 2.05) is 0 Å². The Bertz CT molecular complexity index is 459. The molecule has 1 aromatic rings. The number of carbonyl (C=O) groups is 1. The number of hydrogen-bond acceptors (Lipinski definition) is 6. The fourth-order valence-corrected chi connectivity index (χ4v) is 2.24. The summed E-state index contributed by atoms with van der Waals surface area (Å²) in [5.41, 5.74) is 6.43. The van der Waals surface area contributed by atoms with Crippen LogP contribution in [0.3, 0.4) is 0 Å². The van der Waals surface area contributed by atoms with Crippen LogP contribution in [0.4, 0.5) is 5.69 Å². The summed E-state index contributed by atoms with van der Waals surface area (Å²) < 4.78 is 10.2. The third-order valence-corrected chi connectivity index (χ3v) is 3.38. The second-order valence-corrected chi connectivity index (χ2v) is 4.83. The van der Waals surface area contributed by atoms with Crippen LogP contribution in [0.25, 0.3) is 0 Å².